The molecule has 0 aliphatic carbocycles. The molecule has 0 radical (unpaired) electrons. The maximum absolute atomic E-state index is 12.0. The van der Waals surface area contributed by atoms with Gasteiger partial charge in [0.1, 0.15) is 0 Å². The lowest BCUT2D eigenvalue weighted by molar-refractivity contribution is -0.137. The van der Waals surface area contributed by atoms with Gasteiger partial charge in [-0.3, -0.25) is 14.5 Å². The Bertz CT molecular complexity index is 542. The van der Waals surface area contributed by atoms with E-state index in [1.54, 1.807) is 37.3 Å². The summed E-state index contributed by atoms with van der Waals surface area (Å²) in [4.78, 5) is 36.3. The highest BCUT2D eigenvalue weighted by molar-refractivity contribution is 6.21. The molecule has 0 unspecified atom stereocenters. The second-order valence-electron chi connectivity index (χ2n) is 4.25. The Labute approximate surface area is 116 Å². The number of amides is 2. The zero-order valence-electron chi connectivity index (χ0n) is 11.2. The summed E-state index contributed by atoms with van der Waals surface area (Å²) in [7, 11) is 0. The van der Waals surface area contributed by atoms with E-state index in [9.17, 15) is 14.4 Å². The predicted octanol–water partition coefficient (Wildman–Crippen LogP) is 1.79. The standard InChI is InChI=1S/C15H15NO4/c1-2-20-13(17)9-5-6-10-16-14(18)11-7-3-4-8-12(11)15(16)19/h3-5,7-9H,2,6,10H2,1H3/b9-5+. The second kappa shape index (κ2) is 6.14. The van der Waals surface area contributed by atoms with E-state index in [0.29, 0.717) is 24.2 Å². The SMILES string of the molecule is CCOC(=O)/C=C/CCN1C(=O)c2ccccc2C1=O. The molecular weight excluding hydrogens is 258 g/mol. The molecule has 1 aliphatic heterocycles. The van der Waals surface area contributed by atoms with Crippen LogP contribution in [0.4, 0.5) is 0 Å². The minimum absolute atomic E-state index is 0.252. The smallest absolute Gasteiger partial charge is 0.330 e. The molecule has 1 heterocycles. The van der Waals surface area contributed by atoms with Gasteiger partial charge in [0, 0.05) is 12.6 Å². The fourth-order valence-corrected chi connectivity index (χ4v) is 2.02. The molecule has 1 aromatic carbocycles. The van der Waals surface area contributed by atoms with E-state index in [-0.39, 0.29) is 18.4 Å². The average molecular weight is 273 g/mol. The van der Waals surface area contributed by atoms with E-state index in [2.05, 4.69) is 0 Å². The molecule has 2 amide bonds. The highest BCUT2D eigenvalue weighted by Crippen LogP contribution is 2.22. The first-order valence-electron chi connectivity index (χ1n) is 6.43. The normalized spacial score (nSPS) is 13.9. The number of hydrogen-bond donors (Lipinski definition) is 0. The molecule has 1 aliphatic rings. The Balaban J connectivity index is 1.94. The van der Waals surface area contributed by atoms with Gasteiger partial charge in [0.05, 0.1) is 17.7 Å². The summed E-state index contributed by atoms with van der Waals surface area (Å²) in [5, 5.41) is 0. The molecule has 5 nitrogen and oxygen atoms in total. The molecule has 0 aromatic heterocycles. The Hall–Kier alpha value is -2.43. The van der Waals surface area contributed by atoms with E-state index in [0.717, 1.165) is 0 Å². The minimum Gasteiger partial charge on any atom is -0.463 e. The van der Waals surface area contributed by atoms with E-state index in [4.69, 9.17) is 4.74 Å². The lowest BCUT2D eigenvalue weighted by Crippen LogP contribution is -2.30. The van der Waals surface area contributed by atoms with Crippen LogP contribution in [0.3, 0.4) is 0 Å². The molecule has 0 bridgehead atoms. The topological polar surface area (TPSA) is 63.7 Å². The van der Waals surface area contributed by atoms with Crippen LogP contribution >= 0.6 is 0 Å². The van der Waals surface area contributed by atoms with E-state index in [1.807, 2.05) is 0 Å². The zero-order chi connectivity index (χ0) is 14.5. The van der Waals surface area contributed by atoms with Crippen molar-refractivity contribution in [3.8, 4) is 0 Å². The summed E-state index contributed by atoms with van der Waals surface area (Å²) in [5.74, 6) is -0.986. The van der Waals surface area contributed by atoms with Gasteiger partial charge in [-0.25, -0.2) is 4.79 Å². The first-order valence-corrected chi connectivity index (χ1v) is 6.43. The predicted molar refractivity (Wildman–Crippen MR) is 72.2 cm³/mol. The van der Waals surface area contributed by atoms with Crippen molar-refractivity contribution in [1.29, 1.82) is 0 Å². The maximum atomic E-state index is 12.0. The van der Waals surface area contributed by atoms with Crippen LogP contribution in [0, 0.1) is 0 Å². The van der Waals surface area contributed by atoms with Gasteiger partial charge in [-0.1, -0.05) is 18.2 Å². The van der Waals surface area contributed by atoms with Crippen molar-refractivity contribution in [3.05, 3.63) is 47.5 Å². The molecule has 2 rings (SSSR count). The number of benzene rings is 1. The molecule has 1 aromatic rings. The number of carbonyl (C=O) groups excluding carboxylic acids is 3. The van der Waals surface area contributed by atoms with Crippen molar-refractivity contribution in [2.75, 3.05) is 13.2 Å². The average Bonchev–Trinajstić information content (AvgIpc) is 2.69. The van der Waals surface area contributed by atoms with E-state index < -0.39 is 5.97 Å². The van der Waals surface area contributed by atoms with Crippen molar-refractivity contribution in [3.63, 3.8) is 0 Å². The molecule has 0 spiro atoms. The zero-order valence-corrected chi connectivity index (χ0v) is 11.2. The molecule has 0 N–H and O–H groups in total. The molecule has 0 fully saturated rings. The fraction of sp³-hybridized carbons (Fsp3) is 0.267. The van der Waals surface area contributed by atoms with Crippen molar-refractivity contribution >= 4 is 17.8 Å². The van der Waals surface area contributed by atoms with Gasteiger partial charge in [0.25, 0.3) is 11.8 Å². The summed E-state index contributed by atoms with van der Waals surface area (Å²) in [6, 6.07) is 6.75. The highest BCUT2D eigenvalue weighted by Gasteiger charge is 2.34. The molecule has 5 heteroatoms. The Kier molecular flexibility index (Phi) is 4.30. The second-order valence-corrected chi connectivity index (χ2v) is 4.25. The van der Waals surface area contributed by atoms with Gasteiger partial charge in [0.2, 0.25) is 0 Å². The lowest BCUT2D eigenvalue weighted by atomic mass is 10.1. The van der Waals surface area contributed by atoms with Gasteiger partial charge < -0.3 is 4.74 Å². The maximum Gasteiger partial charge on any atom is 0.330 e. The van der Waals surface area contributed by atoms with Crippen LogP contribution in [-0.2, 0) is 9.53 Å². The summed E-state index contributed by atoms with van der Waals surface area (Å²) in [6.07, 6.45) is 3.33. The summed E-state index contributed by atoms with van der Waals surface area (Å²) < 4.78 is 4.73. The number of carbonyl (C=O) groups is 3. The summed E-state index contributed by atoms with van der Waals surface area (Å²) in [5.41, 5.74) is 0.874. The van der Waals surface area contributed by atoms with Crippen molar-refractivity contribution in [2.45, 2.75) is 13.3 Å². The Morgan fingerprint density at radius 2 is 1.80 bits per heavy atom. The van der Waals surface area contributed by atoms with E-state index >= 15 is 0 Å². The van der Waals surface area contributed by atoms with Gasteiger partial charge in [-0.05, 0) is 25.5 Å². The molecular formula is C15H15NO4. The Morgan fingerprint density at radius 3 is 2.35 bits per heavy atom. The highest BCUT2D eigenvalue weighted by atomic mass is 16.5. The third-order valence-electron chi connectivity index (χ3n) is 2.94. The number of nitrogens with zero attached hydrogens (tertiary/aromatic N) is 1. The fourth-order valence-electron chi connectivity index (χ4n) is 2.02. The van der Waals surface area contributed by atoms with Crippen LogP contribution in [0.25, 0.3) is 0 Å². The number of hydrogen-bond acceptors (Lipinski definition) is 4. The van der Waals surface area contributed by atoms with Crippen LogP contribution < -0.4 is 0 Å². The molecule has 0 atom stereocenters. The first-order chi connectivity index (χ1) is 9.65. The number of rotatable bonds is 5. The van der Waals surface area contributed by atoms with Crippen LogP contribution in [-0.4, -0.2) is 35.8 Å². The summed E-state index contributed by atoms with van der Waals surface area (Å²) >= 11 is 0. The quantitative estimate of drug-likeness (QED) is 0.466. The largest absolute Gasteiger partial charge is 0.463 e. The number of imide groups is 1. The Morgan fingerprint density at radius 1 is 1.20 bits per heavy atom. The number of esters is 1. The van der Waals surface area contributed by atoms with Crippen LogP contribution in [0.15, 0.2) is 36.4 Å². The van der Waals surface area contributed by atoms with Gasteiger partial charge >= 0.3 is 5.97 Å². The van der Waals surface area contributed by atoms with Gasteiger partial charge in [-0.15, -0.1) is 0 Å². The van der Waals surface area contributed by atoms with Gasteiger partial charge in [0.15, 0.2) is 0 Å². The lowest BCUT2D eigenvalue weighted by Gasteiger charge is -2.11. The molecule has 104 valence electrons. The summed E-state index contributed by atoms with van der Waals surface area (Å²) in [6.45, 7) is 2.30. The number of fused-ring (bicyclic) bond motifs is 1. The molecule has 0 saturated carbocycles. The molecule has 20 heavy (non-hydrogen) atoms. The third kappa shape index (κ3) is 2.77. The van der Waals surface area contributed by atoms with Crippen molar-refractivity contribution in [2.24, 2.45) is 0 Å². The van der Waals surface area contributed by atoms with Crippen LogP contribution in [0.2, 0.25) is 0 Å². The van der Waals surface area contributed by atoms with Crippen molar-refractivity contribution < 1.29 is 19.1 Å². The minimum atomic E-state index is -0.421. The van der Waals surface area contributed by atoms with E-state index in [1.165, 1.54) is 11.0 Å². The van der Waals surface area contributed by atoms with Crippen LogP contribution in [0.5, 0.6) is 0 Å². The van der Waals surface area contributed by atoms with Gasteiger partial charge in [-0.2, -0.15) is 0 Å². The molecule has 0 saturated heterocycles. The van der Waals surface area contributed by atoms with Crippen molar-refractivity contribution in [1.82, 2.24) is 4.90 Å². The number of ether oxygens (including phenoxy) is 1. The third-order valence-corrected chi connectivity index (χ3v) is 2.94. The monoisotopic (exact) mass is 273 g/mol. The van der Waals surface area contributed by atoms with Crippen LogP contribution in [0.1, 0.15) is 34.1 Å². The first kappa shape index (κ1) is 14.0.